The summed E-state index contributed by atoms with van der Waals surface area (Å²) < 4.78 is 0. The molecule has 0 bridgehead atoms. The Morgan fingerprint density at radius 3 is 2.83 bits per heavy atom. The molecule has 1 fully saturated rings. The van der Waals surface area contributed by atoms with Crippen molar-refractivity contribution in [1.29, 1.82) is 0 Å². The van der Waals surface area contributed by atoms with Gasteiger partial charge in [-0.3, -0.25) is 4.79 Å². The predicted octanol–water partition coefficient (Wildman–Crippen LogP) is 1.18. The Kier molecular flexibility index (Phi) is 3.40. The van der Waals surface area contributed by atoms with Gasteiger partial charge in [0.15, 0.2) is 0 Å². The second kappa shape index (κ2) is 4.14. The lowest BCUT2D eigenvalue weighted by atomic mass is 9.91. The minimum atomic E-state index is -0.255. The Morgan fingerprint density at radius 2 is 2.25 bits per heavy atom. The molecule has 0 aromatic heterocycles. The van der Waals surface area contributed by atoms with Gasteiger partial charge in [0.2, 0.25) is 0 Å². The minimum absolute atomic E-state index is 0.00579. The van der Waals surface area contributed by atoms with Crippen LogP contribution in [0, 0.1) is 11.8 Å². The largest absolute Gasteiger partial charge is 0.373 e. The number of carbonyl (C=O) groups excluding carboxylic acids is 1. The molecule has 1 heterocycles. The zero-order valence-electron chi connectivity index (χ0n) is 7.45. The SMILES string of the molecule is C[C@@H]1C[C@@H](C(=O)ON)[C@@H](C)CS1. The molecule has 70 valence electrons. The van der Waals surface area contributed by atoms with Crippen LogP contribution < -0.4 is 5.90 Å². The molecule has 0 amide bonds. The fourth-order valence-electron chi connectivity index (χ4n) is 1.51. The van der Waals surface area contributed by atoms with Gasteiger partial charge in [-0.15, -0.1) is 0 Å². The molecular formula is C8H15NO2S. The van der Waals surface area contributed by atoms with Gasteiger partial charge in [-0.2, -0.15) is 17.7 Å². The first kappa shape index (κ1) is 9.86. The quantitative estimate of drug-likeness (QED) is 0.629. The topological polar surface area (TPSA) is 52.3 Å². The van der Waals surface area contributed by atoms with Crippen molar-refractivity contribution < 1.29 is 9.63 Å². The third kappa shape index (κ3) is 2.14. The van der Waals surface area contributed by atoms with Crippen LogP contribution in [-0.2, 0) is 9.63 Å². The lowest BCUT2D eigenvalue weighted by Gasteiger charge is -2.29. The lowest BCUT2D eigenvalue weighted by Crippen LogP contribution is -2.33. The van der Waals surface area contributed by atoms with Crippen molar-refractivity contribution in [3.05, 3.63) is 0 Å². The monoisotopic (exact) mass is 189 g/mol. The fraction of sp³-hybridized carbons (Fsp3) is 0.875. The molecule has 1 aliphatic rings. The maximum Gasteiger partial charge on any atom is 0.327 e. The summed E-state index contributed by atoms with van der Waals surface area (Å²) in [5.74, 6) is 6.02. The summed E-state index contributed by atoms with van der Waals surface area (Å²) in [6.45, 7) is 4.20. The molecule has 0 aliphatic carbocycles. The van der Waals surface area contributed by atoms with E-state index in [0.717, 1.165) is 12.2 Å². The molecule has 2 N–H and O–H groups in total. The highest BCUT2D eigenvalue weighted by Crippen LogP contribution is 2.33. The van der Waals surface area contributed by atoms with Gasteiger partial charge in [0.25, 0.3) is 0 Å². The van der Waals surface area contributed by atoms with Gasteiger partial charge < -0.3 is 4.84 Å². The summed E-state index contributed by atoms with van der Waals surface area (Å²) in [6.07, 6.45) is 0.891. The predicted molar refractivity (Wildman–Crippen MR) is 49.5 cm³/mol. The second-order valence-electron chi connectivity index (χ2n) is 3.40. The van der Waals surface area contributed by atoms with Gasteiger partial charge in [-0.05, 0) is 18.1 Å². The standard InChI is InChI=1S/C8H15NO2S/c1-5-4-12-6(2)3-7(5)8(10)11-9/h5-7H,3-4,9H2,1-2H3/t5-,6+,7+/m0/s1. The molecule has 3 nitrogen and oxygen atoms in total. The Bertz CT molecular complexity index is 174. The molecule has 0 aromatic rings. The number of hydrogen-bond acceptors (Lipinski definition) is 4. The molecule has 1 saturated heterocycles. The molecule has 0 unspecified atom stereocenters. The molecule has 0 spiro atoms. The number of carbonyl (C=O) groups is 1. The van der Waals surface area contributed by atoms with Crippen LogP contribution in [0.4, 0.5) is 0 Å². The molecule has 4 heteroatoms. The molecule has 1 rings (SSSR count). The van der Waals surface area contributed by atoms with Crippen LogP contribution in [0.25, 0.3) is 0 Å². The van der Waals surface area contributed by atoms with Gasteiger partial charge in [0.05, 0.1) is 5.92 Å². The van der Waals surface area contributed by atoms with Crippen molar-refractivity contribution in [1.82, 2.24) is 0 Å². The summed E-state index contributed by atoms with van der Waals surface area (Å²) in [7, 11) is 0. The molecular weight excluding hydrogens is 174 g/mol. The maximum absolute atomic E-state index is 11.2. The Balaban J connectivity index is 2.54. The molecule has 0 saturated carbocycles. The average Bonchev–Trinajstić information content (AvgIpc) is 2.08. The van der Waals surface area contributed by atoms with E-state index >= 15 is 0 Å². The number of rotatable bonds is 1. The summed E-state index contributed by atoms with van der Waals surface area (Å²) in [5.41, 5.74) is 0. The van der Waals surface area contributed by atoms with Crippen LogP contribution in [0.15, 0.2) is 0 Å². The van der Waals surface area contributed by atoms with Crippen molar-refractivity contribution in [3.8, 4) is 0 Å². The molecule has 3 atom stereocenters. The van der Waals surface area contributed by atoms with Gasteiger partial charge in [-0.1, -0.05) is 13.8 Å². The van der Waals surface area contributed by atoms with E-state index in [1.807, 2.05) is 11.8 Å². The van der Waals surface area contributed by atoms with Crippen molar-refractivity contribution in [2.24, 2.45) is 17.7 Å². The van der Waals surface area contributed by atoms with Crippen LogP contribution in [-0.4, -0.2) is 17.0 Å². The Labute approximate surface area is 77.0 Å². The van der Waals surface area contributed by atoms with Crippen LogP contribution in [0.5, 0.6) is 0 Å². The smallest absolute Gasteiger partial charge is 0.327 e. The van der Waals surface area contributed by atoms with E-state index in [-0.39, 0.29) is 11.9 Å². The highest BCUT2D eigenvalue weighted by atomic mass is 32.2. The fourth-order valence-corrected chi connectivity index (χ4v) is 2.71. The van der Waals surface area contributed by atoms with E-state index in [1.54, 1.807) is 0 Å². The van der Waals surface area contributed by atoms with Gasteiger partial charge in [0, 0.05) is 5.25 Å². The Morgan fingerprint density at radius 1 is 1.58 bits per heavy atom. The molecule has 0 aromatic carbocycles. The normalized spacial score (nSPS) is 36.1. The van der Waals surface area contributed by atoms with E-state index in [0.29, 0.717) is 11.2 Å². The van der Waals surface area contributed by atoms with Crippen LogP contribution in [0.3, 0.4) is 0 Å². The van der Waals surface area contributed by atoms with Gasteiger partial charge >= 0.3 is 5.97 Å². The van der Waals surface area contributed by atoms with Crippen LogP contribution in [0.2, 0.25) is 0 Å². The molecule has 1 aliphatic heterocycles. The van der Waals surface area contributed by atoms with E-state index in [1.165, 1.54) is 0 Å². The third-order valence-electron chi connectivity index (χ3n) is 2.34. The highest BCUT2D eigenvalue weighted by molar-refractivity contribution is 7.99. The van der Waals surface area contributed by atoms with Crippen molar-refractivity contribution in [2.45, 2.75) is 25.5 Å². The first-order chi connectivity index (χ1) is 5.65. The zero-order chi connectivity index (χ0) is 9.14. The van der Waals surface area contributed by atoms with Crippen LogP contribution in [0.1, 0.15) is 20.3 Å². The van der Waals surface area contributed by atoms with Crippen molar-refractivity contribution in [3.63, 3.8) is 0 Å². The third-order valence-corrected chi connectivity index (χ3v) is 3.82. The summed E-state index contributed by atoms with van der Waals surface area (Å²) in [5, 5.41) is 0.547. The average molecular weight is 189 g/mol. The number of nitrogens with two attached hydrogens (primary N) is 1. The summed E-state index contributed by atoms with van der Waals surface area (Å²) in [6, 6.07) is 0. The zero-order valence-corrected chi connectivity index (χ0v) is 8.26. The first-order valence-electron chi connectivity index (χ1n) is 4.17. The first-order valence-corrected chi connectivity index (χ1v) is 5.22. The summed E-state index contributed by atoms with van der Waals surface area (Å²) in [4.78, 5) is 15.4. The van der Waals surface area contributed by atoms with Gasteiger partial charge in [0.1, 0.15) is 0 Å². The van der Waals surface area contributed by atoms with E-state index < -0.39 is 0 Å². The van der Waals surface area contributed by atoms with Crippen LogP contribution >= 0.6 is 11.8 Å². The second-order valence-corrected chi connectivity index (χ2v) is 4.87. The Hall–Kier alpha value is -0.220. The lowest BCUT2D eigenvalue weighted by molar-refractivity contribution is -0.151. The molecule has 12 heavy (non-hydrogen) atoms. The van der Waals surface area contributed by atoms with Crippen molar-refractivity contribution >= 4 is 17.7 Å². The molecule has 0 radical (unpaired) electrons. The van der Waals surface area contributed by atoms with E-state index in [2.05, 4.69) is 18.7 Å². The maximum atomic E-state index is 11.2. The number of hydrogen-bond donors (Lipinski definition) is 1. The summed E-state index contributed by atoms with van der Waals surface area (Å²) >= 11 is 1.91. The minimum Gasteiger partial charge on any atom is -0.373 e. The number of thioether (sulfide) groups is 1. The van der Waals surface area contributed by atoms with E-state index in [9.17, 15) is 4.79 Å². The van der Waals surface area contributed by atoms with Crippen molar-refractivity contribution in [2.75, 3.05) is 5.75 Å². The van der Waals surface area contributed by atoms with E-state index in [4.69, 9.17) is 5.90 Å². The van der Waals surface area contributed by atoms with Gasteiger partial charge in [-0.25, -0.2) is 0 Å². The highest BCUT2D eigenvalue weighted by Gasteiger charge is 2.32.